The highest BCUT2D eigenvalue weighted by molar-refractivity contribution is 5.67. The summed E-state index contributed by atoms with van der Waals surface area (Å²) >= 11 is 0. The molecule has 2 unspecified atom stereocenters. The van der Waals surface area contributed by atoms with Gasteiger partial charge in [-0.05, 0) is 54.8 Å². The van der Waals surface area contributed by atoms with Gasteiger partial charge in [0, 0.05) is 35.2 Å². The van der Waals surface area contributed by atoms with E-state index in [1.165, 1.54) is 11.1 Å². The number of rotatable bonds is 4. The molecule has 144 valence electrons. The summed E-state index contributed by atoms with van der Waals surface area (Å²) in [5.41, 5.74) is 5.87. The van der Waals surface area contributed by atoms with E-state index >= 15 is 0 Å². The molecule has 3 aromatic rings. The van der Waals surface area contributed by atoms with Gasteiger partial charge < -0.3 is 14.8 Å². The van der Waals surface area contributed by atoms with Gasteiger partial charge in [-0.15, -0.1) is 0 Å². The first-order valence-electron chi connectivity index (χ1n) is 9.66. The van der Waals surface area contributed by atoms with E-state index < -0.39 is 0 Å². The Morgan fingerprint density at radius 3 is 2.79 bits per heavy atom. The minimum absolute atomic E-state index is 0.157. The molecule has 6 heteroatoms. The molecule has 1 aliphatic carbocycles. The first-order valence-corrected chi connectivity index (χ1v) is 9.66. The zero-order valence-corrected chi connectivity index (χ0v) is 16.2. The molecular formula is C22H24N4O2. The highest BCUT2D eigenvalue weighted by Gasteiger charge is 2.49. The molecule has 1 fully saturated rings. The Bertz CT molecular complexity index is 994. The molecule has 3 heterocycles. The number of aromatic amines is 1. The molecule has 0 saturated carbocycles. The zero-order chi connectivity index (χ0) is 19.1. The van der Waals surface area contributed by atoms with E-state index in [4.69, 9.17) is 14.5 Å². The molecule has 0 bridgehead atoms. The van der Waals surface area contributed by atoms with Gasteiger partial charge in [0.05, 0.1) is 26.1 Å². The lowest BCUT2D eigenvalue weighted by Gasteiger charge is -2.31. The second kappa shape index (κ2) is 6.63. The van der Waals surface area contributed by atoms with Crippen molar-refractivity contribution < 1.29 is 9.47 Å². The summed E-state index contributed by atoms with van der Waals surface area (Å²) < 4.78 is 11.1. The standard InChI is InChI=1S/C22H24N4O2/c1-27-16-3-4-17-14(9-16)10-22(7-8-23-13-22)20(17)19-6-5-18(21(26-19)28-2)15-11-24-25-12-15/h3-6,9,11-12,20,23H,7-8,10,13H2,1-2H3,(H,24,25). The molecule has 1 saturated heterocycles. The molecule has 1 spiro atoms. The summed E-state index contributed by atoms with van der Waals surface area (Å²) in [6, 6.07) is 10.7. The van der Waals surface area contributed by atoms with E-state index in [0.717, 1.165) is 48.5 Å². The number of pyridine rings is 1. The van der Waals surface area contributed by atoms with Gasteiger partial charge in [-0.2, -0.15) is 5.10 Å². The third-order valence-electron chi connectivity index (χ3n) is 6.27. The fraction of sp³-hybridized carbons (Fsp3) is 0.364. The molecule has 1 aliphatic heterocycles. The second-order valence-corrected chi connectivity index (χ2v) is 7.74. The van der Waals surface area contributed by atoms with Crippen LogP contribution in [0.25, 0.3) is 11.1 Å². The summed E-state index contributed by atoms with van der Waals surface area (Å²) in [6.45, 7) is 2.05. The molecule has 1 aromatic carbocycles. The zero-order valence-electron chi connectivity index (χ0n) is 16.2. The Morgan fingerprint density at radius 1 is 1.14 bits per heavy atom. The Hall–Kier alpha value is -2.86. The molecule has 0 amide bonds. The Labute approximate surface area is 164 Å². The van der Waals surface area contributed by atoms with Crippen LogP contribution in [-0.2, 0) is 6.42 Å². The van der Waals surface area contributed by atoms with Crippen molar-refractivity contribution in [1.29, 1.82) is 0 Å². The molecule has 2 atom stereocenters. The predicted molar refractivity (Wildman–Crippen MR) is 107 cm³/mol. The van der Waals surface area contributed by atoms with Gasteiger partial charge in [0.15, 0.2) is 0 Å². The van der Waals surface area contributed by atoms with Crippen molar-refractivity contribution in [3.63, 3.8) is 0 Å². The van der Waals surface area contributed by atoms with Crippen LogP contribution < -0.4 is 14.8 Å². The number of methoxy groups -OCH3 is 2. The number of fused-ring (bicyclic) bond motifs is 1. The lowest BCUT2D eigenvalue weighted by molar-refractivity contribution is 0.299. The van der Waals surface area contributed by atoms with Crippen LogP contribution in [0.2, 0.25) is 0 Å². The number of H-pyrrole nitrogens is 1. The van der Waals surface area contributed by atoms with E-state index in [2.05, 4.69) is 45.8 Å². The maximum Gasteiger partial charge on any atom is 0.221 e. The van der Waals surface area contributed by atoms with Crippen LogP contribution in [0.5, 0.6) is 11.6 Å². The van der Waals surface area contributed by atoms with Gasteiger partial charge in [0.2, 0.25) is 5.88 Å². The number of hydrogen-bond acceptors (Lipinski definition) is 5. The number of nitrogens with zero attached hydrogens (tertiary/aromatic N) is 2. The van der Waals surface area contributed by atoms with Crippen molar-refractivity contribution in [1.82, 2.24) is 20.5 Å². The van der Waals surface area contributed by atoms with Crippen molar-refractivity contribution in [3.8, 4) is 22.8 Å². The first-order chi connectivity index (χ1) is 13.7. The molecule has 5 rings (SSSR count). The van der Waals surface area contributed by atoms with Crippen molar-refractivity contribution in [2.75, 3.05) is 27.3 Å². The van der Waals surface area contributed by atoms with Crippen LogP contribution in [0.1, 0.15) is 29.2 Å². The molecule has 2 aromatic heterocycles. The average molecular weight is 376 g/mol. The fourth-order valence-corrected chi connectivity index (χ4v) is 4.98. The lowest BCUT2D eigenvalue weighted by Crippen LogP contribution is -2.30. The number of hydrogen-bond donors (Lipinski definition) is 2. The number of aromatic nitrogens is 3. The van der Waals surface area contributed by atoms with Crippen molar-refractivity contribution >= 4 is 0 Å². The summed E-state index contributed by atoms with van der Waals surface area (Å²) in [6.07, 6.45) is 5.84. The van der Waals surface area contributed by atoms with E-state index in [1.807, 2.05) is 6.20 Å². The minimum Gasteiger partial charge on any atom is -0.497 e. The van der Waals surface area contributed by atoms with Crippen LogP contribution in [0.15, 0.2) is 42.7 Å². The highest BCUT2D eigenvalue weighted by Crippen LogP contribution is 2.54. The Kier molecular flexibility index (Phi) is 4.09. The molecule has 2 N–H and O–H groups in total. The second-order valence-electron chi connectivity index (χ2n) is 7.74. The van der Waals surface area contributed by atoms with E-state index in [1.54, 1.807) is 20.4 Å². The van der Waals surface area contributed by atoms with Gasteiger partial charge in [-0.1, -0.05) is 6.07 Å². The highest BCUT2D eigenvalue weighted by atomic mass is 16.5. The number of ether oxygens (including phenoxy) is 2. The minimum atomic E-state index is 0.157. The third-order valence-corrected chi connectivity index (χ3v) is 6.27. The molecule has 0 radical (unpaired) electrons. The van der Waals surface area contributed by atoms with Gasteiger partial charge in [-0.3, -0.25) is 5.10 Å². The van der Waals surface area contributed by atoms with Crippen molar-refractivity contribution in [2.45, 2.75) is 18.8 Å². The quantitative estimate of drug-likeness (QED) is 0.732. The van der Waals surface area contributed by atoms with Crippen LogP contribution in [0.4, 0.5) is 0 Å². The fourth-order valence-electron chi connectivity index (χ4n) is 4.98. The van der Waals surface area contributed by atoms with Crippen molar-refractivity contribution in [3.05, 3.63) is 59.5 Å². The average Bonchev–Trinajstić information content (AvgIpc) is 3.47. The van der Waals surface area contributed by atoms with Gasteiger partial charge in [0.25, 0.3) is 0 Å². The summed E-state index contributed by atoms with van der Waals surface area (Å²) in [7, 11) is 3.40. The van der Waals surface area contributed by atoms with Gasteiger partial charge >= 0.3 is 0 Å². The summed E-state index contributed by atoms with van der Waals surface area (Å²) in [5.74, 6) is 1.80. The predicted octanol–water partition coefficient (Wildman–Crippen LogP) is 3.16. The largest absolute Gasteiger partial charge is 0.497 e. The van der Waals surface area contributed by atoms with E-state index in [9.17, 15) is 0 Å². The maximum atomic E-state index is 5.66. The summed E-state index contributed by atoms with van der Waals surface area (Å²) in [4.78, 5) is 4.97. The van der Waals surface area contributed by atoms with Crippen LogP contribution in [0, 0.1) is 5.41 Å². The molecule has 28 heavy (non-hydrogen) atoms. The van der Waals surface area contributed by atoms with E-state index in [-0.39, 0.29) is 11.3 Å². The first kappa shape index (κ1) is 17.3. The Morgan fingerprint density at radius 2 is 2.07 bits per heavy atom. The topological polar surface area (TPSA) is 72.1 Å². The van der Waals surface area contributed by atoms with Gasteiger partial charge in [-0.25, -0.2) is 4.98 Å². The van der Waals surface area contributed by atoms with Gasteiger partial charge in [0.1, 0.15) is 5.75 Å². The maximum absolute atomic E-state index is 5.66. The number of benzene rings is 1. The normalized spacial score (nSPS) is 23.1. The summed E-state index contributed by atoms with van der Waals surface area (Å²) in [5, 5.41) is 10.5. The number of nitrogens with one attached hydrogen (secondary N) is 2. The van der Waals surface area contributed by atoms with Crippen LogP contribution in [-0.4, -0.2) is 42.5 Å². The van der Waals surface area contributed by atoms with Crippen LogP contribution >= 0.6 is 0 Å². The third kappa shape index (κ3) is 2.59. The lowest BCUT2D eigenvalue weighted by atomic mass is 9.73. The van der Waals surface area contributed by atoms with Crippen LogP contribution in [0.3, 0.4) is 0 Å². The molecule has 6 nitrogen and oxygen atoms in total. The Balaban J connectivity index is 1.63. The molecular weight excluding hydrogens is 352 g/mol. The van der Waals surface area contributed by atoms with Crippen molar-refractivity contribution in [2.24, 2.45) is 5.41 Å². The SMILES string of the molecule is COc1ccc2c(c1)CC1(CCNC1)C2c1ccc(-c2cn[nH]c2)c(OC)n1. The monoisotopic (exact) mass is 376 g/mol. The molecule has 2 aliphatic rings. The van der Waals surface area contributed by atoms with E-state index in [0.29, 0.717) is 5.88 Å². The smallest absolute Gasteiger partial charge is 0.221 e.